The van der Waals surface area contributed by atoms with E-state index in [0.29, 0.717) is 42.0 Å². The van der Waals surface area contributed by atoms with Gasteiger partial charge < -0.3 is 10.6 Å². The van der Waals surface area contributed by atoms with E-state index in [2.05, 4.69) is 4.72 Å². The zero-order valence-electron chi connectivity index (χ0n) is 14.5. The van der Waals surface area contributed by atoms with E-state index < -0.39 is 10.0 Å². The normalized spacial score (nSPS) is 31.8. The number of fused-ring (bicyclic) bond motifs is 2. The molecule has 4 atom stereocenters. The van der Waals surface area contributed by atoms with Crippen molar-refractivity contribution in [1.82, 2.24) is 9.62 Å². The minimum Gasteiger partial charge on any atom is -0.342 e. The topological polar surface area (TPSA) is 92.5 Å². The van der Waals surface area contributed by atoms with Crippen LogP contribution in [0.25, 0.3) is 0 Å². The van der Waals surface area contributed by atoms with E-state index >= 15 is 0 Å². The zero-order valence-corrected chi connectivity index (χ0v) is 17.0. The number of rotatable bonds is 4. The van der Waals surface area contributed by atoms with Crippen LogP contribution in [0, 0.1) is 17.8 Å². The molecular formula is C17H26ClN3O3S2. The Morgan fingerprint density at radius 3 is 2.46 bits per heavy atom. The van der Waals surface area contributed by atoms with Crippen LogP contribution in [-0.4, -0.2) is 44.4 Å². The van der Waals surface area contributed by atoms with Gasteiger partial charge in [-0.25, -0.2) is 13.1 Å². The third kappa shape index (κ3) is 3.67. The summed E-state index contributed by atoms with van der Waals surface area (Å²) in [7, 11) is -3.44. The quantitative estimate of drug-likeness (QED) is 0.778. The molecule has 2 heterocycles. The molecule has 1 aromatic rings. The Hall–Kier alpha value is -0.670. The highest BCUT2D eigenvalue weighted by atomic mass is 35.5. The summed E-state index contributed by atoms with van der Waals surface area (Å²) >= 11 is 1.22. The maximum atomic E-state index is 12.9. The fourth-order valence-corrected chi connectivity index (χ4v) is 7.14. The Balaban J connectivity index is 0.00000196. The molecule has 4 unspecified atom stereocenters. The van der Waals surface area contributed by atoms with Crippen molar-refractivity contribution in [2.24, 2.45) is 23.5 Å². The highest BCUT2D eigenvalue weighted by molar-refractivity contribution is 7.91. The number of halogens is 1. The molecule has 0 aromatic carbocycles. The number of sulfonamides is 1. The van der Waals surface area contributed by atoms with Crippen LogP contribution < -0.4 is 10.5 Å². The van der Waals surface area contributed by atoms with Gasteiger partial charge in [-0.1, -0.05) is 6.07 Å². The minimum atomic E-state index is -3.44. The first-order valence-corrected chi connectivity index (χ1v) is 11.4. The highest BCUT2D eigenvalue weighted by Gasteiger charge is 2.50. The maximum absolute atomic E-state index is 12.9. The second-order valence-electron chi connectivity index (χ2n) is 7.59. The van der Waals surface area contributed by atoms with E-state index in [0.717, 1.165) is 12.8 Å². The average molecular weight is 420 g/mol. The molecule has 0 radical (unpaired) electrons. The van der Waals surface area contributed by atoms with Crippen LogP contribution >= 0.6 is 23.7 Å². The van der Waals surface area contributed by atoms with Crippen molar-refractivity contribution in [2.45, 2.75) is 48.4 Å². The molecule has 9 heteroatoms. The Bertz CT molecular complexity index is 730. The SMILES string of the molecule is Cl.NC1C2CCC(C2)C1C(=O)N1CCC(NS(=O)(=O)c2cccs2)CC1. The molecule has 146 valence electrons. The fraction of sp³-hybridized carbons (Fsp3) is 0.706. The van der Waals surface area contributed by atoms with Crippen molar-refractivity contribution in [3.05, 3.63) is 17.5 Å². The van der Waals surface area contributed by atoms with E-state index in [-0.39, 0.29) is 36.3 Å². The molecule has 26 heavy (non-hydrogen) atoms. The summed E-state index contributed by atoms with van der Waals surface area (Å²) in [6.07, 6.45) is 4.72. The molecule has 2 bridgehead atoms. The number of carbonyl (C=O) groups excluding carboxylic acids is 1. The van der Waals surface area contributed by atoms with E-state index in [1.807, 2.05) is 4.90 Å². The third-order valence-corrected chi connectivity index (χ3v) is 9.07. The number of hydrogen-bond donors (Lipinski definition) is 2. The zero-order chi connectivity index (χ0) is 17.6. The van der Waals surface area contributed by atoms with Gasteiger partial charge in [0, 0.05) is 25.2 Å². The summed E-state index contributed by atoms with van der Waals surface area (Å²) < 4.78 is 27.8. The minimum absolute atomic E-state index is 0. The first-order chi connectivity index (χ1) is 12.0. The number of piperidine rings is 1. The largest absolute Gasteiger partial charge is 0.342 e. The second-order valence-corrected chi connectivity index (χ2v) is 10.5. The molecule has 3 fully saturated rings. The van der Waals surface area contributed by atoms with Crippen LogP contribution in [0.5, 0.6) is 0 Å². The molecule has 1 saturated heterocycles. The number of likely N-dealkylation sites (tertiary alicyclic amines) is 1. The average Bonchev–Trinajstić information content (AvgIpc) is 3.32. The Morgan fingerprint density at radius 1 is 1.19 bits per heavy atom. The van der Waals surface area contributed by atoms with Gasteiger partial charge in [0.2, 0.25) is 15.9 Å². The van der Waals surface area contributed by atoms with Crippen LogP contribution in [-0.2, 0) is 14.8 Å². The van der Waals surface area contributed by atoms with Crippen molar-refractivity contribution in [3.63, 3.8) is 0 Å². The molecule has 2 saturated carbocycles. The van der Waals surface area contributed by atoms with Crippen molar-refractivity contribution < 1.29 is 13.2 Å². The lowest BCUT2D eigenvalue weighted by Gasteiger charge is -2.37. The van der Waals surface area contributed by atoms with E-state index in [9.17, 15) is 13.2 Å². The monoisotopic (exact) mass is 419 g/mol. The summed E-state index contributed by atoms with van der Waals surface area (Å²) in [5, 5.41) is 1.76. The molecule has 2 aliphatic carbocycles. The first kappa shape index (κ1) is 20.1. The van der Waals surface area contributed by atoms with Gasteiger partial charge in [-0.3, -0.25) is 4.79 Å². The summed E-state index contributed by atoms with van der Waals surface area (Å²) in [4.78, 5) is 14.8. The highest BCUT2D eigenvalue weighted by Crippen LogP contribution is 2.48. The van der Waals surface area contributed by atoms with E-state index in [1.54, 1.807) is 17.5 Å². The number of amides is 1. The van der Waals surface area contributed by atoms with Crippen LogP contribution in [0.4, 0.5) is 0 Å². The Morgan fingerprint density at radius 2 is 1.88 bits per heavy atom. The predicted octanol–water partition coefficient (Wildman–Crippen LogP) is 1.81. The molecule has 3 N–H and O–H groups in total. The van der Waals surface area contributed by atoms with Crippen LogP contribution in [0.3, 0.4) is 0 Å². The lowest BCUT2D eigenvalue weighted by atomic mass is 9.83. The molecular weight excluding hydrogens is 394 g/mol. The molecule has 6 nitrogen and oxygen atoms in total. The number of hydrogen-bond acceptors (Lipinski definition) is 5. The smallest absolute Gasteiger partial charge is 0.250 e. The molecule has 1 aromatic heterocycles. The standard InChI is InChI=1S/C17H25N3O3S2.ClH/c18-16-12-4-3-11(10-12)15(16)17(21)20-7-5-13(6-8-20)19-25(22,23)14-2-1-9-24-14;/h1-2,9,11-13,15-16,19H,3-8,10,18H2;1H. The number of nitrogens with one attached hydrogen (secondary N) is 1. The first-order valence-electron chi connectivity index (χ1n) is 9.06. The lowest BCUT2D eigenvalue weighted by molar-refractivity contribution is -0.138. The van der Waals surface area contributed by atoms with Gasteiger partial charge in [0.05, 0.1) is 5.92 Å². The second kappa shape index (κ2) is 7.75. The lowest BCUT2D eigenvalue weighted by Crippen LogP contribution is -2.51. The van der Waals surface area contributed by atoms with Gasteiger partial charge in [-0.15, -0.1) is 23.7 Å². The summed E-state index contributed by atoms with van der Waals surface area (Å²) in [5.74, 6) is 1.16. The van der Waals surface area contributed by atoms with E-state index in [1.165, 1.54) is 17.8 Å². The number of nitrogens with zero attached hydrogens (tertiary/aromatic N) is 1. The van der Waals surface area contributed by atoms with Gasteiger partial charge in [0.15, 0.2) is 0 Å². The number of thiophene rings is 1. The third-order valence-electron chi connectivity index (χ3n) is 6.15. The maximum Gasteiger partial charge on any atom is 0.250 e. The summed E-state index contributed by atoms with van der Waals surface area (Å²) in [6.45, 7) is 1.22. The van der Waals surface area contributed by atoms with Crippen molar-refractivity contribution >= 4 is 39.7 Å². The van der Waals surface area contributed by atoms with Crippen LogP contribution in [0.15, 0.2) is 21.7 Å². The Labute approximate surface area is 165 Å². The van der Waals surface area contributed by atoms with Crippen molar-refractivity contribution in [3.8, 4) is 0 Å². The van der Waals surface area contributed by atoms with Gasteiger partial charge in [-0.05, 0) is 55.4 Å². The van der Waals surface area contributed by atoms with Gasteiger partial charge in [0.1, 0.15) is 4.21 Å². The Kier molecular flexibility index (Phi) is 5.99. The van der Waals surface area contributed by atoms with Gasteiger partial charge >= 0.3 is 0 Å². The van der Waals surface area contributed by atoms with Crippen LogP contribution in [0.2, 0.25) is 0 Å². The van der Waals surface area contributed by atoms with Gasteiger partial charge in [-0.2, -0.15) is 0 Å². The molecule has 0 spiro atoms. The summed E-state index contributed by atoms with van der Waals surface area (Å²) in [5.41, 5.74) is 6.30. The molecule has 3 aliphatic rings. The van der Waals surface area contributed by atoms with Crippen LogP contribution in [0.1, 0.15) is 32.1 Å². The van der Waals surface area contributed by atoms with Gasteiger partial charge in [0.25, 0.3) is 0 Å². The number of carbonyl (C=O) groups is 1. The molecule has 1 aliphatic heterocycles. The summed E-state index contributed by atoms with van der Waals surface area (Å²) in [6, 6.07) is 3.26. The van der Waals surface area contributed by atoms with Crippen molar-refractivity contribution in [1.29, 1.82) is 0 Å². The van der Waals surface area contributed by atoms with Crippen molar-refractivity contribution in [2.75, 3.05) is 13.1 Å². The predicted molar refractivity (Wildman–Crippen MR) is 104 cm³/mol. The molecule has 4 rings (SSSR count). The number of nitrogens with two attached hydrogens (primary N) is 1. The van der Waals surface area contributed by atoms with E-state index in [4.69, 9.17) is 5.73 Å². The molecule has 1 amide bonds. The fourth-order valence-electron chi connectivity index (χ4n) is 4.82.